The molecular formula is C31H26ClN3O2S2. The van der Waals surface area contributed by atoms with Crippen molar-refractivity contribution in [2.45, 2.75) is 38.3 Å². The second-order valence-corrected chi connectivity index (χ2v) is 11.8. The molecule has 1 aromatic heterocycles. The van der Waals surface area contributed by atoms with E-state index in [2.05, 4.69) is 0 Å². The highest BCUT2D eigenvalue weighted by Gasteiger charge is 2.38. The Morgan fingerprint density at radius 1 is 1.03 bits per heavy atom. The smallest absolute Gasteiger partial charge is 0.266 e. The maximum atomic E-state index is 13.4. The van der Waals surface area contributed by atoms with Crippen LogP contribution in [0.3, 0.4) is 0 Å². The first kappa shape index (κ1) is 25.9. The summed E-state index contributed by atoms with van der Waals surface area (Å²) in [4.78, 5) is 15.9. The Balaban J connectivity index is 1.33. The molecule has 2 heterocycles. The van der Waals surface area contributed by atoms with Crippen LogP contribution in [0.4, 0.5) is 0 Å². The van der Waals surface area contributed by atoms with Gasteiger partial charge in [0.05, 0.1) is 10.6 Å². The fourth-order valence-corrected chi connectivity index (χ4v) is 6.53. The van der Waals surface area contributed by atoms with Crippen molar-refractivity contribution in [1.82, 2.24) is 14.7 Å². The predicted molar refractivity (Wildman–Crippen MR) is 162 cm³/mol. The summed E-state index contributed by atoms with van der Waals surface area (Å²) in [5.41, 5.74) is 4.48. The number of benzene rings is 3. The zero-order valence-electron chi connectivity index (χ0n) is 21.1. The van der Waals surface area contributed by atoms with Crippen molar-refractivity contribution < 1.29 is 9.53 Å². The van der Waals surface area contributed by atoms with E-state index in [1.165, 1.54) is 11.8 Å². The molecule has 3 aromatic carbocycles. The lowest BCUT2D eigenvalue weighted by molar-refractivity contribution is -0.123. The van der Waals surface area contributed by atoms with Crippen molar-refractivity contribution in [3.05, 3.63) is 106 Å². The van der Waals surface area contributed by atoms with Gasteiger partial charge in [-0.1, -0.05) is 90.9 Å². The average molecular weight is 572 g/mol. The molecule has 5 nitrogen and oxygen atoms in total. The molecule has 1 aliphatic carbocycles. The summed E-state index contributed by atoms with van der Waals surface area (Å²) in [5, 5.41) is 5.63. The second-order valence-electron chi connectivity index (χ2n) is 9.65. The molecule has 0 unspecified atom stereocenters. The monoisotopic (exact) mass is 571 g/mol. The van der Waals surface area contributed by atoms with E-state index in [1.807, 2.05) is 101 Å². The molecule has 4 aromatic rings. The third-order valence-electron chi connectivity index (χ3n) is 6.99. The Morgan fingerprint density at radius 3 is 2.56 bits per heavy atom. The maximum Gasteiger partial charge on any atom is 0.266 e. The Morgan fingerprint density at radius 2 is 1.79 bits per heavy atom. The van der Waals surface area contributed by atoms with E-state index in [0.29, 0.717) is 20.9 Å². The van der Waals surface area contributed by atoms with Crippen LogP contribution in [0.1, 0.15) is 36.8 Å². The number of thioether (sulfide) groups is 1. The molecule has 1 aliphatic heterocycles. The molecule has 1 saturated carbocycles. The average Bonchev–Trinajstić information content (AvgIpc) is 3.69. The minimum atomic E-state index is -0.00430. The number of hydrogen-bond donors (Lipinski definition) is 0. The molecule has 0 N–H and O–H groups in total. The van der Waals surface area contributed by atoms with Gasteiger partial charge in [0.1, 0.15) is 22.4 Å². The van der Waals surface area contributed by atoms with Gasteiger partial charge >= 0.3 is 0 Å². The number of hydrogen-bond acceptors (Lipinski definition) is 5. The lowest BCUT2D eigenvalue weighted by atomic mass is 10.1. The minimum Gasteiger partial charge on any atom is -0.489 e. The number of carbonyl (C=O) groups excluding carboxylic acids is 1. The van der Waals surface area contributed by atoms with Crippen LogP contribution >= 0.6 is 35.6 Å². The minimum absolute atomic E-state index is 0.00430. The summed E-state index contributed by atoms with van der Waals surface area (Å²) in [7, 11) is 0. The van der Waals surface area contributed by atoms with Crippen molar-refractivity contribution in [2.24, 2.45) is 0 Å². The number of ether oxygens (including phenoxy) is 1. The Hall–Kier alpha value is -3.39. The van der Waals surface area contributed by atoms with Crippen LogP contribution in [-0.4, -0.2) is 30.9 Å². The summed E-state index contributed by atoms with van der Waals surface area (Å²) < 4.78 is 8.58. The number of amides is 1. The lowest BCUT2D eigenvalue weighted by Gasteiger charge is -2.21. The van der Waals surface area contributed by atoms with Crippen molar-refractivity contribution in [3.63, 3.8) is 0 Å². The Bertz CT molecular complexity index is 1540. The fourth-order valence-electron chi connectivity index (χ4n) is 5.01. The van der Waals surface area contributed by atoms with E-state index in [4.69, 9.17) is 33.7 Å². The molecule has 0 atom stereocenters. The third kappa shape index (κ3) is 5.66. The van der Waals surface area contributed by atoms with E-state index < -0.39 is 0 Å². The van der Waals surface area contributed by atoms with Gasteiger partial charge in [0.25, 0.3) is 5.91 Å². The van der Waals surface area contributed by atoms with Gasteiger partial charge in [-0.15, -0.1) is 0 Å². The summed E-state index contributed by atoms with van der Waals surface area (Å²) in [5.74, 6) is 0.727. The molecule has 0 bridgehead atoms. The predicted octanol–water partition coefficient (Wildman–Crippen LogP) is 7.92. The van der Waals surface area contributed by atoms with Gasteiger partial charge in [0.15, 0.2) is 0 Å². The summed E-state index contributed by atoms with van der Waals surface area (Å²) in [6.07, 6.45) is 8.21. The van der Waals surface area contributed by atoms with Crippen molar-refractivity contribution >= 4 is 51.9 Å². The highest BCUT2D eigenvalue weighted by Crippen LogP contribution is 2.39. The van der Waals surface area contributed by atoms with Gasteiger partial charge in [-0.05, 0) is 60.9 Å². The molecule has 0 radical (unpaired) electrons. The van der Waals surface area contributed by atoms with Gasteiger partial charge in [-0.2, -0.15) is 5.10 Å². The zero-order valence-corrected chi connectivity index (χ0v) is 23.5. The van der Waals surface area contributed by atoms with Crippen molar-refractivity contribution in [1.29, 1.82) is 0 Å². The summed E-state index contributed by atoms with van der Waals surface area (Å²) >= 11 is 13.0. The van der Waals surface area contributed by atoms with E-state index in [9.17, 15) is 4.79 Å². The maximum absolute atomic E-state index is 13.4. The molecule has 2 fully saturated rings. The molecule has 2 aliphatic rings. The molecule has 196 valence electrons. The second kappa shape index (κ2) is 11.4. The normalized spacial score (nSPS) is 16.9. The Labute approximate surface area is 242 Å². The van der Waals surface area contributed by atoms with Crippen LogP contribution in [0, 0.1) is 0 Å². The zero-order chi connectivity index (χ0) is 26.8. The molecule has 1 amide bonds. The van der Waals surface area contributed by atoms with Crippen LogP contribution in [0.2, 0.25) is 5.02 Å². The lowest BCUT2D eigenvalue weighted by Crippen LogP contribution is -2.36. The first-order valence-electron chi connectivity index (χ1n) is 12.9. The van der Waals surface area contributed by atoms with Crippen LogP contribution in [0.25, 0.3) is 23.0 Å². The molecule has 1 saturated heterocycles. The van der Waals surface area contributed by atoms with Gasteiger partial charge in [-0.25, -0.2) is 4.68 Å². The number of carbonyl (C=O) groups is 1. The first-order chi connectivity index (χ1) is 19.0. The van der Waals surface area contributed by atoms with Crippen LogP contribution in [0.15, 0.2) is 90.0 Å². The summed E-state index contributed by atoms with van der Waals surface area (Å²) in [6, 6.07) is 25.7. The Kier molecular flexibility index (Phi) is 7.55. The molecule has 8 heteroatoms. The van der Waals surface area contributed by atoms with Crippen LogP contribution < -0.4 is 4.74 Å². The van der Waals surface area contributed by atoms with E-state index in [-0.39, 0.29) is 11.9 Å². The van der Waals surface area contributed by atoms with Gasteiger partial charge in [-0.3, -0.25) is 9.69 Å². The molecular weight excluding hydrogens is 546 g/mol. The molecule has 0 spiro atoms. The van der Waals surface area contributed by atoms with Gasteiger partial charge in [0, 0.05) is 28.4 Å². The van der Waals surface area contributed by atoms with Crippen LogP contribution in [-0.2, 0) is 11.4 Å². The number of thiocarbonyl (C=S) groups is 1. The molecule has 39 heavy (non-hydrogen) atoms. The van der Waals surface area contributed by atoms with E-state index >= 15 is 0 Å². The van der Waals surface area contributed by atoms with Gasteiger partial charge in [0.2, 0.25) is 0 Å². The number of aromatic nitrogens is 2. The van der Waals surface area contributed by atoms with E-state index in [1.54, 1.807) is 0 Å². The number of halogens is 1. The SMILES string of the molecule is O=C1C(=Cc2cn(-c3ccccc3)nc2-c2cccc(OCc3ccc(Cl)cc3)c2)SC(=S)N1C1CCCC1. The van der Waals surface area contributed by atoms with Crippen molar-refractivity contribution in [3.8, 4) is 22.7 Å². The number of para-hydroxylation sites is 1. The standard InChI is InChI=1S/C31H26ClN3O2S2/c32-24-15-13-21(14-16-24)20-37-27-12-6-7-22(17-27)29-23(19-34(33-29)25-8-2-1-3-9-25)18-28-30(36)35(31(38)39-28)26-10-4-5-11-26/h1-3,6-9,12-19,26H,4-5,10-11,20H2. The largest absolute Gasteiger partial charge is 0.489 e. The van der Waals surface area contributed by atoms with Crippen molar-refractivity contribution in [2.75, 3.05) is 0 Å². The number of nitrogens with zero attached hydrogens (tertiary/aromatic N) is 3. The highest BCUT2D eigenvalue weighted by molar-refractivity contribution is 8.26. The van der Waals surface area contributed by atoms with E-state index in [0.717, 1.165) is 59.5 Å². The van der Waals surface area contributed by atoms with Crippen LogP contribution in [0.5, 0.6) is 5.75 Å². The highest BCUT2D eigenvalue weighted by atomic mass is 35.5. The summed E-state index contributed by atoms with van der Waals surface area (Å²) in [6.45, 7) is 0.426. The third-order valence-corrected chi connectivity index (χ3v) is 8.57. The topological polar surface area (TPSA) is 47.4 Å². The van der Waals surface area contributed by atoms with Gasteiger partial charge < -0.3 is 4.74 Å². The molecule has 6 rings (SSSR count). The quantitative estimate of drug-likeness (QED) is 0.167. The fraction of sp³-hybridized carbons (Fsp3) is 0.194. The number of rotatable bonds is 7. The first-order valence-corrected chi connectivity index (χ1v) is 14.6.